The van der Waals surface area contributed by atoms with Crippen molar-refractivity contribution in [1.82, 2.24) is 0 Å². The first-order chi connectivity index (χ1) is 4.97. The molecule has 0 saturated carbocycles. The zero-order chi connectivity index (χ0) is 9.91. The summed E-state index contributed by atoms with van der Waals surface area (Å²) in [7, 11) is 0. The van der Waals surface area contributed by atoms with Gasteiger partial charge >= 0.3 is 0 Å². The van der Waals surface area contributed by atoms with Crippen LogP contribution in [0.25, 0.3) is 0 Å². The molecule has 0 spiro atoms. The molecule has 0 aromatic rings. The fourth-order valence-corrected chi connectivity index (χ4v) is 0. The zero-order valence-electron chi connectivity index (χ0n) is 8.03. The van der Waals surface area contributed by atoms with E-state index in [1.165, 1.54) is 6.92 Å². The molecule has 0 rings (SSSR count). The van der Waals surface area contributed by atoms with Crippen molar-refractivity contribution in [3.8, 4) is 0 Å². The molecular formula is C9H19O3Y-. The Morgan fingerprint density at radius 3 is 1.15 bits per heavy atom. The van der Waals surface area contributed by atoms with E-state index in [0.717, 1.165) is 12.6 Å². The second-order valence-corrected chi connectivity index (χ2v) is 2.72. The van der Waals surface area contributed by atoms with Crippen molar-refractivity contribution in [3.05, 3.63) is 0 Å². The van der Waals surface area contributed by atoms with Crippen LogP contribution in [0.3, 0.4) is 0 Å². The van der Waals surface area contributed by atoms with E-state index in [-0.39, 0.29) is 45.6 Å². The standard InChI is InChI=1S/C5H10O.C2H4O.CHO.CH4.Y/c1-5(2,3)4-6;1-2-3;1-2;;/h4H,1-3H3;2H,1H3;1H;1H4;/q;;-1;;. The second-order valence-electron chi connectivity index (χ2n) is 2.72. The fourth-order valence-electron chi connectivity index (χ4n) is 0. The summed E-state index contributed by atoms with van der Waals surface area (Å²) in [6.45, 7) is 10.3. The van der Waals surface area contributed by atoms with Gasteiger partial charge in [0.15, 0.2) is 0 Å². The van der Waals surface area contributed by atoms with Gasteiger partial charge in [-0.2, -0.15) is 0 Å². The molecule has 0 amide bonds. The predicted octanol–water partition coefficient (Wildman–Crippen LogP) is 1.80. The van der Waals surface area contributed by atoms with E-state index in [0.29, 0.717) is 0 Å². The maximum absolute atomic E-state index is 9.83. The minimum atomic E-state index is -0.139. The summed E-state index contributed by atoms with van der Waals surface area (Å²) in [5.41, 5.74) is -0.139. The maximum Gasteiger partial charge on any atom is 0.125 e. The van der Waals surface area contributed by atoms with Crippen molar-refractivity contribution in [1.29, 1.82) is 0 Å². The molecule has 13 heavy (non-hydrogen) atoms. The van der Waals surface area contributed by atoms with Gasteiger partial charge in [-0.25, -0.2) is 0 Å². The van der Waals surface area contributed by atoms with Gasteiger partial charge < -0.3 is 14.4 Å². The monoisotopic (exact) mass is 264 g/mol. The van der Waals surface area contributed by atoms with Gasteiger partial charge in [0.2, 0.25) is 0 Å². The average molecular weight is 264 g/mol. The molecule has 0 bridgehead atoms. The molecule has 1 radical (unpaired) electrons. The number of carbonyl (C=O) groups excluding carboxylic acids is 3. The van der Waals surface area contributed by atoms with Gasteiger partial charge in [0.1, 0.15) is 12.6 Å². The summed E-state index contributed by atoms with van der Waals surface area (Å²) >= 11 is 0. The number of hydrogen-bond donors (Lipinski definition) is 0. The Morgan fingerprint density at radius 2 is 1.15 bits per heavy atom. The first kappa shape index (κ1) is 29.2. The van der Waals surface area contributed by atoms with Crippen molar-refractivity contribution in [3.63, 3.8) is 0 Å². The average Bonchev–Trinajstić information content (AvgIpc) is 1.93. The first-order valence-electron chi connectivity index (χ1n) is 3.07. The third-order valence-corrected chi connectivity index (χ3v) is 0.354. The van der Waals surface area contributed by atoms with Crippen LogP contribution in [0.2, 0.25) is 0 Å². The van der Waals surface area contributed by atoms with E-state index < -0.39 is 0 Å². The van der Waals surface area contributed by atoms with Crippen LogP contribution in [-0.2, 0) is 47.1 Å². The molecule has 4 heteroatoms. The molecule has 0 unspecified atom stereocenters. The molecular weight excluding hydrogens is 245 g/mol. The van der Waals surface area contributed by atoms with Gasteiger partial charge in [-0.05, 0) is 6.92 Å². The Labute approximate surface area is 107 Å². The van der Waals surface area contributed by atoms with Crippen LogP contribution in [0.1, 0.15) is 35.1 Å². The van der Waals surface area contributed by atoms with Crippen LogP contribution in [0, 0.1) is 5.41 Å². The van der Waals surface area contributed by atoms with Crippen LogP contribution >= 0.6 is 0 Å². The van der Waals surface area contributed by atoms with Crippen LogP contribution in [0.5, 0.6) is 0 Å². The van der Waals surface area contributed by atoms with E-state index in [2.05, 4.69) is 6.79 Å². The summed E-state index contributed by atoms with van der Waals surface area (Å²) in [5.74, 6) is 0. The SMILES string of the molecule is C.CC(C)(C)C=O.CC=O.[CH-]=O.[Y]. The maximum atomic E-state index is 9.83. The minimum absolute atomic E-state index is 0. The molecule has 0 atom stereocenters. The third kappa shape index (κ3) is 128. The molecule has 0 aromatic carbocycles. The van der Waals surface area contributed by atoms with Crippen LogP contribution < -0.4 is 0 Å². The van der Waals surface area contributed by atoms with E-state index in [4.69, 9.17) is 9.59 Å². The number of aldehydes is 2. The largest absolute Gasteiger partial charge is 0.545 e. The van der Waals surface area contributed by atoms with Gasteiger partial charge in [0.25, 0.3) is 0 Å². The third-order valence-electron chi connectivity index (χ3n) is 0.354. The smallest absolute Gasteiger partial charge is 0.125 e. The molecule has 0 saturated heterocycles. The van der Waals surface area contributed by atoms with Crippen molar-refractivity contribution in [2.75, 3.05) is 0 Å². The molecule has 0 aliphatic heterocycles. The van der Waals surface area contributed by atoms with E-state index in [1.54, 1.807) is 0 Å². The summed E-state index contributed by atoms with van der Waals surface area (Å²) < 4.78 is 0. The van der Waals surface area contributed by atoms with Crippen LogP contribution in [0.4, 0.5) is 0 Å². The Morgan fingerprint density at radius 1 is 1.08 bits per heavy atom. The summed E-state index contributed by atoms with van der Waals surface area (Å²) in [5, 5.41) is 0. The number of hydrogen-bond acceptors (Lipinski definition) is 3. The Kier molecular flexibility index (Phi) is 51.1. The molecule has 0 aliphatic rings. The van der Waals surface area contributed by atoms with E-state index in [9.17, 15) is 4.79 Å². The van der Waals surface area contributed by atoms with Crippen molar-refractivity contribution < 1.29 is 47.1 Å². The predicted molar refractivity (Wildman–Crippen MR) is 50.7 cm³/mol. The number of carbonyl (C=O) groups is 2. The van der Waals surface area contributed by atoms with Crippen LogP contribution in [0.15, 0.2) is 0 Å². The summed E-state index contributed by atoms with van der Waals surface area (Å²) in [4.78, 5) is 26.4. The van der Waals surface area contributed by atoms with Gasteiger partial charge in [0.05, 0.1) is 0 Å². The van der Waals surface area contributed by atoms with Gasteiger partial charge in [-0.1, -0.05) is 28.2 Å². The van der Waals surface area contributed by atoms with Gasteiger partial charge in [-0.3, -0.25) is 6.79 Å². The molecule has 0 aliphatic carbocycles. The number of rotatable bonds is 0. The first-order valence-corrected chi connectivity index (χ1v) is 3.07. The van der Waals surface area contributed by atoms with Crippen molar-refractivity contribution >= 4 is 19.4 Å². The molecule has 0 N–H and O–H groups in total. The normalized spacial score (nSPS) is 6.46. The molecule has 77 valence electrons. The summed E-state index contributed by atoms with van der Waals surface area (Å²) in [6.07, 6.45) is 1.69. The molecule has 0 heterocycles. The molecule has 3 nitrogen and oxygen atoms in total. The fraction of sp³-hybridized carbons (Fsp3) is 0.667. The Hall–Kier alpha value is 0.114. The van der Waals surface area contributed by atoms with Crippen LogP contribution in [-0.4, -0.2) is 19.4 Å². The van der Waals surface area contributed by atoms with Crippen molar-refractivity contribution in [2.24, 2.45) is 5.41 Å². The minimum Gasteiger partial charge on any atom is -0.545 e. The van der Waals surface area contributed by atoms with E-state index in [1.807, 2.05) is 20.8 Å². The molecule has 0 fully saturated rings. The quantitative estimate of drug-likeness (QED) is 0.495. The van der Waals surface area contributed by atoms with E-state index >= 15 is 0 Å². The van der Waals surface area contributed by atoms with Gasteiger partial charge in [0, 0.05) is 38.1 Å². The Bertz CT molecular complexity index is 97.5. The summed E-state index contributed by atoms with van der Waals surface area (Å²) in [6, 6.07) is 0. The topological polar surface area (TPSA) is 51.2 Å². The van der Waals surface area contributed by atoms with Gasteiger partial charge in [-0.15, -0.1) is 0 Å². The second kappa shape index (κ2) is 22.7. The Balaban J connectivity index is -0.0000000268. The molecule has 0 aromatic heterocycles. The van der Waals surface area contributed by atoms with Crippen molar-refractivity contribution in [2.45, 2.75) is 35.1 Å². The zero-order valence-corrected chi connectivity index (χ0v) is 10.9.